The van der Waals surface area contributed by atoms with Crippen molar-refractivity contribution in [3.05, 3.63) is 59.7 Å². The third-order valence-corrected chi connectivity index (χ3v) is 3.93. The normalized spacial score (nSPS) is 15.8. The molecule has 1 atom stereocenters. The van der Waals surface area contributed by atoms with Crippen LogP contribution in [0.15, 0.2) is 48.5 Å². The molecule has 0 spiro atoms. The molecular formula is C19H18N2O4. The van der Waals surface area contributed by atoms with Gasteiger partial charge in [-0.25, -0.2) is 0 Å². The number of aliphatic hydroxyl groups is 1. The van der Waals surface area contributed by atoms with E-state index < -0.39 is 6.04 Å². The van der Waals surface area contributed by atoms with Crippen LogP contribution < -0.4 is 4.74 Å². The summed E-state index contributed by atoms with van der Waals surface area (Å²) in [5.41, 5.74) is 1.15. The van der Waals surface area contributed by atoms with Gasteiger partial charge in [0.15, 0.2) is 0 Å². The minimum absolute atomic E-state index is 0.0734. The molecule has 0 radical (unpaired) electrons. The molecule has 1 aliphatic rings. The number of hydrogen-bond donors (Lipinski definition) is 1. The van der Waals surface area contributed by atoms with Gasteiger partial charge in [-0.2, -0.15) is 5.26 Å². The van der Waals surface area contributed by atoms with Gasteiger partial charge in [-0.15, -0.1) is 0 Å². The zero-order chi connectivity index (χ0) is 17.6. The molecule has 6 heteroatoms. The van der Waals surface area contributed by atoms with Gasteiger partial charge in [0.2, 0.25) is 0 Å². The second kappa shape index (κ2) is 7.79. The number of para-hydroxylation sites is 1. The van der Waals surface area contributed by atoms with E-state index in [2.05, 4.69) is 6.07 Å². The molecule has 6 nitrogen and oxygen atoms in total. The van der Waals surface area contributed by atoms with Crippen LogP contribution in [0.25, 0.3) is 0 Å². The molecule has 3 rings (SSSR count). The number of fused-ring (bicyclic) bond motifs is 1. The van der Waals surface area contributed by atoms with Crippen LogP contribution in [-0.2, 0) is 4.74 Å². The van der Waals surface area contributed by atoms with Crippen LogP contribution >= 0.6 is 0 Å². The maximum atomic E-state index is 12.5. The fourth-order valence-electron chi connectivity index (χ4n) is 2.79. The van der Waals surface area contributed by atoms with Crippen molar-refractivity contribution in [3.63, 3.8) is 0 Å². The third-order valence-electron chi connectivity index (χ3n) is 3.93. The summed E-state index contributed by atoms with van der Waals surface area (Å²) in [5.74, 6) is 1.08. The number of rotatable bonds is 7. The van der Waals surface area contributed by atoms with Crippen LogP contribution in [0.3, 0.4) is 0 Å². The number of carbonyl (C=O) groups is 1. The standard InChI is InChI=1S/C19H18N2O4/c20-13-18-17-12-15(25-14-4-2-1-3-5-14)6-7-16(17)19(23)21(18)8-10-24-11-9-22/h1-7,12,18,22H,8-11H2. The average Bonchev–Trinajstić information content (AvgIpc) is 2.90. The lowest BCUT2D eigenvalue weighted by molar-refractivity contribution is 0.0557. The van der Waals surface area contributed by atoms with E-state index in [4.69, 9.17) is 14.6 Å². The Morgan fingerprint density at radius 1 is 1.12 bits per heavy atom. The summed E-state index contributed by atoms with van der Waals surface area (Å²) in [6.45, 7) is 0.698. The predicted octanol–water partition coefficient (Wildman–Crippen LogP) is 2.51. The van der Waals surface area contributed by atoms with E-state index >= 15 is 0 Å². The van der Waals surface area contributed by atoms with Crippen LogP contribution in [0.2, 0.25) is 0 Å². The molecule has 1 N–H and O–H groups in total. The number of nitrogens with zero attached hydrogens (tertiary/aromatic N) is 2. The first-order valence-corrected chi connectivity index (χ1v) is 8.00. The minimum atomic E-state index is -0.667. The third kappa shape index (κ3) is 3.63. The number of carbonyl (C=O) groups excluding carboxylic acids is 1. The first kappa shape index (κ1) is 17.0. The van der Waals surface area contributed by atoms with E-state index in [1.165, 1.54) is 4.90 Å². The van der Waals surface area contributed by atoms with Gasteiger partial charge in [0, 0.05) is 17.7 Å². The van der Waals surface area contributed by atoms with Crippen molar-refractivity contribution in [3.8, 4) is 17.6 Å². The molecule has 25 heavy (non-hydrogen) atoms. The summed E-state index contributed by atoms with van der Waals surface area (Å²) in [5, 5.41) is 18.2. The van der Waals surface area contributed by atoms with Crippen molar-refractivity contribution < 1.29 is 19.4 Å². The molecule has 1 heterocycles. The molecule has 2 aromatic rings. The number of hydrogen-bond acceptors (Lipinski definition) is 5. The summed E-state index contributed by atoms with van der Waals surface area (Å²) >= 11 is 0. The Morgan fingerprint density at radius 3 is 2.64 bits per heavy atom. The van der Waals surface area contributed by atoms with Gasteiger partial charge in [0.1, 0.15) is 17.5 Å². The summed E-state index contributed by atoms with van der Waals surface area (Å²) in [6.07, 6.45) is 0. The molecule has 128 valence electrons. The van der Waals surface area contributed by atoms with Gasteiger partial charge in [-0.05, 0) is 30.3 Å². The topological polar surface area (TPSA) is 82.8 Å². The highest BCUT2D eigenvalue weighted by molar-refractivity contribution is 5.99. The zero-order valence-corrected chi connectivity index (χ0v) is 13.6. The van der Waals surface area contributed by atoms with E-state index in [1.54, 1.807) is 18.2 Å². The van der Waals surface area contributed by atoms with E-state index in [0.29, 0.717) is 29.2 Å². The smallest absolute Gasteiger partial charge is 0.255 e. The molecule has 1 aliphatic heterocycles. The number of amides is 1. The van der Waals surface area contributed by atoms with Crippen molar-refractivity contribution in [2.45, 2.75) is 6.04 Å². The molecule has 0 saturated carbocycles. The molecule has 2 aromatic carbocycles. The lowest BCUT2D eigenvalue weighted by atomic mass is 10.1. The molecular weight excluding hydrogens is 320 g/mol. The second-order valence-electron chi connectivity index (χ2n) is 5.53. The highest BCUT2D eigenvalue weighted by Crippen LogP contribution is 2.36. The quantitative estimate of drug-likeness (QED) is 0.784. The maximum Gasteiger partial charge on any atom is 0.255 e. The van der Waals surface area contributed by atoms with Gasteiger partial charge in [0.25, 0.3) is 5.91 Å². The van der Waals surface area contributed by atoms with Crippen molar-refractivity contribution in [1.29, 1.82) is 5.26 Å². The lowest BCUT2D eigenvalue weighted by Crippen LogP contribution is -2.31. The Labute approximate surface area is 145 Å². The molecule has 1 amide bonds. The Hall–Kier alpha value is -2.88. The lowest BCUT2D eigenvalue weighted by Gasteiger charge is -2.19. The molecule has 0 fully saturated rings. The molecule has 0 aliphatic carbocycles. The molecule has 1 unspecified atom stereocenters. The predicted molar refractivity (Wildman–Crippen MR) is 90.3 cm³/mol. The monoisotopic (exact) mass is 338 g/mol. The van der Waals surface area contributed by atoms with Gasteiger partial charge in [0.05, 0.1) is 25.9 Å². The average molecular weight is 338 g/mol. The fraction of sp³-hybridized carbons (Fsp3) is 0.263. The van der Waals surface area contributed by atoms with E-state index in [0.717, 1.165) is 0 Å². The van der Waals surface area contributed by atoms with Crippen LogP contribution in [0.5, 0.6) is 11.5 Å². The Balaban J connectivity index is 1.78. The molecule has 0 bridgehead atoms. The van der Waals surface area contributed by atoms with Crippen LogP contribution in [0.4, 0.5) is 0 Å². The van der Waals surface area contributed by atoms with E-state index in [1.807, 2.05) is 30.3 Å². The van der Waals surface area contributed by atoms with Crippen LogP contribution in [-0.4, -0.2) is 42.3 Å². The van der Waals surface area contributed by atoms with Crippen LogP contribution in [0.1, 0.15) is 22.0 Å². The highest BCUT2D eigenvalue weighted by atomic mass is 16.5. The largest absolute Gasteiger partial charge is 0.457 e. The van der Waals surface area contributed by atoms with Crippen molar-refractivity contribution in [1.82, 2.24) is 4.90 Å². The first-order valence-electron chi connectivity index (χ1n) is 8.00. The second-order valence-corrected chi connectivity index (χ2v) is 5.53. The number of ether oxygens (including phenoxy) is 2. The van der Waals surface area contributed by atoms with Gasteiger partial charge in [-0.3, -0.25) is 4.79 Å². The minimum Gasteiger partial charge on any atom is -0.457 e. The van der Waals surface area contributed by atoms with Crippen molar-refractivity contribution in [2.75, 3.05) is 26.4 Å². The first-order chi connectivity index (χ1) is 12.2. The SMILES string of the molecule is N#CC1c2cc(Oc3ccccc3)ccc2C(=O)N1CCOCCO. The summed E-state index contributed by atoms with van der Waals surface area (Å²) < 4.78 is 11.0. The van der Waals surface area contributed by atoms with Crippen molar-refractivity contribution in [2.24, 2.45) is 0 Å². The van der Waals surface area contributed by atoms with Gasteiger partial charge in [-0.1, -0.05) is 18.2 Å². The molecule has 0 aromatic heterocycles. The Morgan fingerprint density at radius 2 is 1.92 bits per heavy atom. The Kier molecular flexibility index (Phi) is 5.29. The summed E-state index contributed by atoms with van der Waals surface area (Å²) in [4.78, 5) is 14.0. The van der Waals surface area contributed by atoms with Gasteiger partial charge >= 0.3 is 0 Å². The fourth-order valence-corrected chi connectivity index (χ4v) is 2.79. The van der Waals surface area contributed by atoms with Gasteiger partial charge < -0.3 is 19.5 Å². The summed E-state index contributed by atoms with van der Waals surface area (Å²) in [7, 11) is 0. The number of aliphatic hydroxyl groups excluding tert-OH is 1. The van der Waals surface area contributed by atoms with Crippen LogP contribution in [0, 0.1) is 11.3 Å². The van der Waals surface area contributed by atoms with E-state index in [-0.39, 0.29) is 25.7 Å². The molecule has 0 saturated heterocycles. The zero-order valence-electron chi connectivity index (χ0n) is 13.6. The van der Waals surface area contributed by atoms with E-state index in [9.17, 15) is 10.1 Å². The number of benzene rings is 2. The summed E-state index contributed by atoms with van der Waals surface area (Å²) in [6, 6.07) is 16.0. The number of nitriles is 1. The highest BCUT2D eigenvalue weighted by Gasteiger charge is 2.36. The Bertz CT molecular complexity index is 786. The van der Waals surface area contributed by atoms with Crippen molar-refractivity contribution >= 4 is 5.91 Å². The maximum absolute atomic E-state index is 12.5.